The highest BCUT2D eigenvalue weighted by Gasteiger charge is 2.19. The normalized spacial score (nSPS) is 17.1. The summed E-state index contributed by atoms with van der Waals surface area (Å²) in [5.41, 5.74) is 0.647. The Kier molecular flexibility index (Phi) is 4.23. The average molecular weight is 300 g/mol. The minimum absolute atomic E-state index is 0.0641. The molecule has 1 fully saturated rings. The lowest BCUT2D eigenvalue weighted by atomic mass is 9.97. The number of hydrogen-bond acceptors (Lipinski definition) is 2. The van der Waals surface area contributed by atoms with Gasteiger partial charge in [-0.2, -0.15) is 0 Å². The van der Waals surface area contributed by atoms with Crippen LogP contribution in [0.25, 0.3) is 0 Å². The van der Waals surface area contributed by atoms with Gasteiger partial charge in [0.05, 0.1) is 0 Å². The number of halogens is 1. The lowest BCUT2D eigenvalue weighted by molar-refractivity contribution is 0.0757. The molecule has 0 bridgehead atoms. The van der Waals surface area contributed by atoms with Crippen LogP contribution in [0.1, 0.15) is 23.3 Å². The topological polar surface area (TPSA) is 48.1 Å². The first kappa shape index (κ1) is 12.6. The maximum atomic E-state index is 12.1. The zero-order valence-electron chi connectivity index (χ0n) is 10.0. The summed E-state index contributed by atoms with van der Waals surface area (Å²) in [7, 11) is 1.87. The van der Waals surface area contributed by atoms with E-state index < -0.39 is 0 Å². The monoisotopic (exact) mass is 299 g/mol. The molecule has 1 aliphatic heterocycles. The van der Waals surface area contributed by atoms with Gasteiger partial charge in [-0.15, -0.1) is 0 Å². The fourth-order valence-electron chi connectivity index (χ4n) is 2.23. The Morgan fingerprint density at radius 2 is 2.24 bits per heavy atom. The number of carbonyl (C=O) groups is 1. The van der Waals surface area contributed by atoms with Gasteiger partial charge in [0, 0.05) is 24.3 Å². The Labute approximate surface area is 110 Å². The lowest BCUT2D eigenvalue weighted by Crippen LogP contribution is -2.37. The van der Waals surface area contributed by atoms with Gasteiger partial charge in [0.25, 0.3) is 5.91 Å². The average Bonchev–Trinajstić information content (AvgIpc) is 2.76. The third-order valence-electron chi connectivity index (χ3n) is 3.22. The Hall–Kier alpha value is -0.810. The molecule has 5 heteroatoms. The standard InChI is InChI=1S/C12H18BrN3O/c1-16(8-9-2-4-14-5-3-9)12(17)11-6-10(13)7-15-11/h6-7,9,14-15H,2-5,8H2,1H3. The van der Waals surface area contributed by atoms with Crippen molar-refractivity contribution < 1.29 is 4.79 Å². The lowest BCUT2D eigenvalue weighted by Gasteiger charge is -2.27. The van der Waals surface area contributed by atoms with E-state index in [9.17, 15) is 4.79 Å². The van der Waals surface area contributed by atoms with Gasteiger partial charge in [0.15, 0.2) is 0 Å². The van der Waals surface area contributed by atoms with Crippen LogP contribution in [0.2, 0.25) is 0 Å². The predicted molar refractivity (Wildman–Crippen MR) is 71.0 cm³/mol. The first-order valence-electron chi connectivity index (χ1n) is 5.97. The van der Waals surface area contributed by atoms with Crippen LogP contribution in [-0.2, 0) is 0 Å². The van der Waals surface area contributed by atoms with Gasteiger partial charge in [-0.05, 0) is 53.8 Å². The molecule has 1 amide bonds. The number of aromatic nitrogens is 1. The molecule has 0 spiro atoms. The number of H-pyrrole nitrogens is 1. The van der Waals surface area contributed by atoms with E-state index in [1.54, 1.807) is 6.20 Å². The highest BCUT2D eigenvalue weighted by Crippen LogP contribution is 2.16. The third-order valence-corrected chi connectivity index (χ3v) is 3.67. The molecular weight excluding hydrogens is 282 g/mol. The zero-order valence-corrected chi connectivity index (χ0v) is 11.6. The Morgan fingerprint density at radius 1 is 1.53 bits per heavy atom. The second kappa shape index (κ2) is 5.69. The molecule has 0 radical (unpaired) electrons. The van der Waals surface area contributed by atoms with Crippen LogP contribution in [0.5, 0.6) is 0 Å². The molecule has 1 aliphatic rings. The molecule has 0 saturated carbocycles. The molecule has 2 heterocycles. The SMILES string of the molecule is CN(CC1CCNCC1)C(=O)c1cc(Br)c[nH]1. The van der Waals surface area contributed by atoms with Gasteiger partial charge < -0.3 is 15.2 Å². The molecule has 4 nitrogen and oxygen atoms in total. The van der Waals surface area contributed by atoms with Crippen molar-refractivity contribution >= 4 is 21.8 Å². The van der Waals surface area contributed by atoms with Gasteiger partial charge in [-0.25, -0.2) is 0 Å². The molecule has 0 atom stereocenters. The molecule has 0 aliphatic carbocycles. The molecule has 94 valence electrons. The summed E-state index contributed by atoms with van der Waals surface area (Å²) < 4.78 is 0.913. The molecule has 17 heavy (non-hydrogen) atoms. The van der Waals surface area contributed by atoms with Crippen molar-refractivity contribution in [2.24, 2.45) is 5.92 Å². The van der Waals surface area contributed by atoms with Gasteiger partial charge in [0.1, 0.15) is 5.69 Å². The number of nitrogens with zero attached hydrogens (tertiary/aromatic N) is 1. The van der Waals surface area contributed by atoms with E-state index in [1.807, 2.05) is 18.0 Å². The molecule has 1 saturated heterocycles. The molecule has 2 rings (SSSR count). The van der Waals surface area contributed by atoms with Crippen LogP contribution in [0, 0.1) is 5.92 Å². The maximum Gasteiger partial charge on any atom is 0.270 e. The van der Waals surface area contributed by atoms with Gasteiger partial charge in [0.2, 0.25) is 0 Å². The van der Waals surface area contributed by atoms with Crippen molar-refractivity contribution in [3.05, 3.63) is 22.4 Å². The summed E-state index contributed by atoms with van der Waals surface area (Å²) >= 11 is 3.34. The van der Waals surface area contributed by atoms with E-state index >= 15 is 0 Å². The minimum Gasteiger partial charge on any atom is -0.356 e. The number of piperidine rings is 1. The van der Waals surface area contributed by atoms with Crippen molar-refractivity contribution in [2.45, 2.75) is 12.8 Å². The summed E-state index contributed by atoms with van der Waals surface area (Å²) in [6.07, 6.45) is 4.10. The minimum atomic E-state index is 0.0641. The summed E-state index contributed by atoms with van der Waals surface area (Å²) in [5.74, 6) is 0.692. The summed E-state index contributed by atoms with van der Waals surface area (Å²) in [5, 5.41) is 3.34. The molecule has 2 N–H and O–H groups in total. The Balaban J connectivity index is 1.90. The van der Waals surface area contributed by atoms with Gasteiger partial charge in [-0.3, -0.25) is 4.79 Å². The van der Waals surface area contributed by atoms with Crippen LogP contribution >= 0.6 is 15.9 Å². The van der Waals surface area contributed by atoms with Crippen molar-refractivity contribution in [2.75, 3.05) is 26.7 Å². The number of carbonyl (C=O) groups excluding carboxylic acids is 1. The van der Waals surface area contributed by atoms with Crippen LogP contribution in [-0.4, -0.2) is 42.5 Å². The first-order valence-corrected chi connectivity index (χ1v) is 6.76. The second-order valence-electron chi connectivity index (χ2n) is 4.61. The predicted octanol–water partition coefficient (Wildman–Crippen LogP) is 1.85. The van der Waals surface area contributed by atoms with Crippen LogP contribution < -0.4 is 5.32 Å². The van der Waals surface area contributed by atoms with E-state index in [-0.39, 0.29) is 5.91 Å². The van der Waals surface area contributed by atoms with Crippen molar-refractivity contribution in [3.8, 4) is 0 Å². The van der Waals surface area contributed by atoms with Crippen LogP contribution in [0.4, 0.5) is 0 Å². The van der Waals surface area contributed by atoms with Gasteiger partial charge in [-0.1, -0.05) is 0 Å². The molecule has 0 aromatic carbocycles. The Bertz CT molecular complexity index is 385. The van der Waals surface area contributed by atoms with E-state index in [2.05, 4.69) is 26.2 Å². The number of hydrogen-bond donors (Lipinski definition) is 2. The first-order chi connectivity index (χ1) is 8.16. The maximum absolute atomic E-state index is 12.1. The smallest absolute Gasteiger partial charge is 0.270 e. The number of nitrogens with one attached hydrogen (secondary N) is 2. The zero-order chi connectivity index (χ0) is 12.3. The van der Waals surface area contributed by atoms with E-state index in [0.717, 1.165) is 36.9 Å². The number of amides is 1. The molecule has 0 unspecified atom stereocenters. The molecule has 1 aromatic rings. The summed E-state index contributed by atoms with van der Waals surface area (Å²) in [6.45, 7) is 2.98. The van der Waals surface area contributed by atoms with Crippen LogP contribution in [0.3, 0.4) is 0 Å². The van der Waals surface area contributed by atoms with Crippen molar-refractivity contribution in [1.82, 2.24) is 15.2 Å². The third kappa shape index (κ3) is 3.33. The number of rotatable bonds is 3. The van der Waals surface area contributed by atoms with Crippen molar-refractivity contribution in [1.29, 1.82) is 0 Å². The van der Waals surface area contributed by atoms with Gasteiger partial charge >= 0.3 is 0 Å². The molecule has 1 aromatic heterocycles. The summed E-state index contributed by atoms with van der Waals surface area (Å²) in [4.78, 5) is 16.9. The molecular formula is C12H18BrN3O. The summed E-state index contributed by atoms with van der Waals surface area (Å²) in [6, 6.07) is 1.82. The van der Waals surface area contributed by atoms with E-state index in [0.29, 0.717) is 11.6 Å². The highest BCUT2D eigenvalue weighted by atomic mass is 79.9. The Morgan fingerprint density at radius 3 is 2.82 bits per heavy atom. The fraction of sp³-hybridized carbons (Fsp3) is 0.583. The fourth-order valence-corrected chi connectivity index (χ4v) is 2.57. The quantitative estimate of drug-likeness (QED) is 0.895. The van der Waals surface area contributed by atoms with E-state index in [1.165, 1.54) is 0 Å². The number of aromatic amines is 1. The highest BCUT2D eigenvalue weighted by molar-refractivity contribution is 9.10. The second-order valence-corrected chi connectivity index (χ2v) is 5.53. The van der Waals surface area contributed by atoms with Crippen molar-refractivity contribution in [3.63, 3.8) is 0 Å². The van der Waals surface area contributed by atoms with Crippen LogP contribution in [0.15, 0.2) is 16.7 Å². The van der Waals surface area contributed by atoms with E-state index in [4.69, 9.17) is 0 Å². The largest absolute Gasteiger partial charge is 0.356 e.